The van der Waals surface area contributed by atoms with Crippen LogP contribution in [0.1, 0.15) is 20.7 Å². The second-order valence-electron chi connectivity index (χ2n) is 4.42. The lowest BCUT2D eigenvalue weighted by Gasteiger charge is -2.12. The van der Waals surface area contributed by atoms with Crippen molar-refractivity contribution in [2.75, 3.05) is 0 Å². The van der Waals surface area contributed by atoms with Crippen molar-refractivity contribution in [3.05, 3.63) is 47.8 Å². The number of fused-ring (bicyclic) bond motifs is 3. The van der Waals surface area contributed by atoms with Crippen LogP contribution in [0.25, 0.3) is 11.4 Å². The zero-order chi connectivity index (χ0) is 12.9. The number of hydrogen-bond donors (Lipinski definition) is 0. The number of nitrogens with zero attached hydrogens (tertiary/aromatic N) is 2. The quantitative estimate of drug-likeness (QED) is 0.493. The molecule has 0 N–H and O–H groups in total. The fourth-order valence-corrected chi connectivity index (χ4v) is 2.42. The first kappa shape index (κ1) is 10.8. The van der Waals surface area contributed by atoms with Gasteiger partial charge in [0.05, 0.1) is 0 Å². The maximum atomic E-state index is 12.1. The van der Waals surface area contributed by atoms with E-state index < -0.39 is 11.6 Å². The van der Waals surface area contributed by atoms with E-state index in [2.05, 4.69) is 0 Å². The van der Waals surface area contributed by atoms with Crippen LogP contribution in [0.5, 0.6) is 0 Å². The first-order chi connectivity index (χ1) is 8.61. The lowest BCUT2D eigenvalue weighted by atomic mass is 9.90. The average molecular weight is 240 g/mol. The Balaban J connectivity index is 2.49. The Labute approximate surface area is 104 Å². The molecule has 1 aliphatic carbocycles. The summed E-state index contributed by atoms with van der Waals surface area (Å²) in [6, 6.07) is 6.95. The van der Waals surface area contributed by atoms with Crippen LogP contribution in [0.15, 0.2) is 36.7 Å². The highest BCUT2D eigenvalue weighted by Gasteiger charge is 2.41. The maximum absolute atomic E-state index is 12.1. The number of carbonyl (C=O) groups excluding carboxylic acids is 2. The summed E-state index contributed by atoms with van der Waals surface area (Å²) < 4.78 is 3.75. The van der Waals surface area contributed by atoms with Gasteiger partial charge in [0.2, 0.25) is 11.6 Å². The predicted molar refractivity (Wildman–Crippen MR) is 62.9 cm³/mol. The molecule has 0 radical (unpaired) electrons. The third kappa shape index (κ3) is 1.26. The summed E-state index contributed by atoms with van der Waals surface area (Å²) in [7, 11) is 3.75. The van der Waals surface area contributed by atoms with Crippen LogP contribution >= 0.6 is 0 Å². The SMILES string of the molecule is C[n+]1cccc2c1-c1c(ccc[n+]1C)C(=O)C2=O. The van der Waals surface area contributed by atoms with E-state index in [-0.39, 0.29) is 0 Å². The Kier molecular flexibility index (Phi) is 2.13. The van der Waals surface area contributed by atoms with Gasteiger partial charge in [0.15, 0.2) is 12.4 Å². The van der Waals surface area contributed by atoms with Gasteiger partial charge in [-0.25, -0.2) is 0 Å². The number of rotatable bonds is 0. The van der Waals surface area contributed by atoms with Gasteiger partial charge in [-0.1, -0.05) is 0 Å². The number of aryl methyl sites for hydroxylation is 2. The van der Waals surface area contributed by atoms with E-state index in [1.165, 1.54) is 0 Å². The molecule has 0 bridgehead atoms. The van der Waals surface area contributed by atoms with E-state index in [9.17, 15) is 9.59 Å². The van der Waals surface area contributed by atoms with Crippen LogP contribution in [-0.2, 0) is 14.1 Å². The van der Waals surface area contributed by atoms with Crippen LogP contribution in [0.4, 0.5) is 0 Å². The van der Waals surface area contributed by atoms with Crippen LogP contribution < -0.4 is 9.13 Å². The average Bonchev–Trinajstić information content (AvgIpc) is 2.36. The van der Waals surface area contributed by atoms with Gasteiger partial charge < -0.3 is 0 Å². The molecule has 0 saturated heterocycles. The largest absolute Gasteiger partial charge is 0.289 e. The summed E-state index contributed by atoms with van der Waals surface area (Å²) in [6.07, 6.45) is 3.75. The summed E-state index contributed by atoms with van der Waals surface area (Å²) >= 11 is 0. The maximum Gasteiger partial charge on any atom is 0.289 e. The number of ketones is 2. The summed E-state index contributed by atoms with van der Waals surface area (Å²) in [6.45, 7) is 0. The van der Waals surface area contributed by atoms with Gasteiger partial charge in [0, 0.05) is 12.1 Å². The van der Waals surface area contributed by atoms with Gasteiger partial charge in [-0.05, 0) is 12.1 Å². The Morgan fingerprint density at radius 2 is 1.17 bits per heavy atom. The Morgan fingerprint density at radius 1 is 0.778 bits per heavy atom. The Morgan fingerprint density at radius 3 is 1.56 bits per heavy atom. The third-order valence-corrected chi connectivity index (χ3v) is 3.28. The molecule has 0 aliphatic heterocycles. The Hall–Kier alpha value is -2.36. The van der Waals surface area contributed by atoms with Gasteiger partial charge in [0.25, 0.3) is 11.4 Å². The van der Waals surface area contributed by atoms with Crippen LogP contribution in [0, 0.1) is 0 Å². The number of carbonyl (C=O) groups is 2. The molecular formula is C14H12N2O2+2. The second-order valence-corrected chi connectivity index (χ2v) is 4.42. The third-order valence-electron chi connectivity index (χ3n) is 3.28. The first-order valence-electron chi connectivity index (χ1n) is 5.68. The molecule has 88 valence electrons. The van der Waals surface area contributed by atoms with E-state index in [1.54, 1.807) is 24.3 Å². The molecule has 2 aromatic heterocycles. The fraction of sp³-hybridized carbons (Fsp3) is 0.143. The molecule has 18 heavy (non-hydrogen) atoms. The molecule has 4 nitrogen and oxygen atoms in total. The normalized spacial score (nSPS) is 13.2. The molecule has 0 aromatic carbocycles. The molecule has 0 unspecified atom stereocenters. The minimum atomic E-state index is -0.431. The van der Waals surface area contributed by atoms with E-state index in [0.717, 1.165) is 11.4 Å². The molecule has 0 spiro atoms. The molecule has 4 heteroatoms. The van der Waals surface area contributed by atoms with E-state index in [1.807, 2.05) is 35.6 Å². The predicted octanol–water partition coefficient (Wildman–Crippen LogP) is 0.382. The van der Waals surface area contributed by atoms with Crippen LogP contribution in [0.2, 0.25) is 0 Å². The standard InChI is InChI=1S/C14H12N2O2/c1-15-7-3-5-9-11(15)12-10(14(18)13(9)17)6-4-8-16(12)2/h3-8H,1-2H3/q+2. The minimum Gasteiger partial charge on any atom is -0.285 e. The highest BCUT2D eigenvalue weighted by Crippen LogP contribution is 2.27. The summed E-state index contributed by atoms with van der Waals surface area (Å²) in [4.78, 5) is 24.1. The monoisotopic (exact) mass is 240 g/mol. The van der Waals surface area contributed by atoms with Gasteiger partial charge in [-0.2, -0.15) is 9.13 Å². The lowest BCUT2D eigenvalue weighted by molar-refractivity contribution is -0.690. The number of pyridine rings is 2. The molecule has 2 aromatic rings. The van der Waals surface area contributed by atoms with Gasteiger partial charge in [-0.3, -0.25) is 9.59 Å². The van der Waals surface area contributed by atoms with E-state index in [4.69, 9.17) is 0 Å². The minimum absolute atomic E-state index is 0.431. The lowest BCUT2D eigenvalue weighted by Crippen LogP contribution is -2.44. The Bertz CT molecular complexity index is 643. The summed E-state index contributed by atoms with van der Waals surface area (Å²) in [5.74, 6) is -0.861. The molecule has 0 atom stereocenters. The zero-order valence-corrected chi connectivity index (χ0v) is 10.2. The zero-order valence-electron chi connectivity index (χ0n) is 10.2. The van der Waals surface area contributed by atoms with Crippen molar-refractivity contribution < 1.29 is 18.7 Å². The van der Waals surface area contributed by atoms with Crippen molar-refractivity contribution in [2.45, 2.75) is 0 Å². The second kappa shape index (κ2) is 3.57. The highest BCUT2D eigenvalue weighted by molar-refractivity contribution is 6.52. The molecule has 2 heterocycles. The van der Waals surface area contributed by atoms with E-state index >= 15 is 0 Å². The van der Waals surface area contributed by atoms with Crippen molar-refractivity contribution in [3.8, 4) is 11.4 Å². The van der Waals surface area contributed by atoms with Crippen molar-refractivity contribution in [1.29, 1.82) is 0 Å². The molecule has 0 fully saturated rings. The summed E-state index contributed by atoms with van der Waals surface area (Å²) in [5.41, 5.74) is 2.53. The van der Waals surface area contributed by atoms with Crippen molar-refractivity contribution >= 4 is 11.6 Å². The molecule has 0 amide bonds. The number of aromatic nitrogens is 2. The summed E-state index contributed by atoms with van der Waals surface area (Å²) in [5, 5.41) is 0. The fourth-order valence-electron chi connectivity index (χ4n) is 2.42. The van der Waals surface area contributed by atoms with Gasteiger partial charge in [-0.15, -0.1) is 0 Å². The van der Waals surface area contributed by atoms with Crippen molar-refractivity contribution in [2.24, 2.45) is 14.1 Å². The highest BCUT2D eigenvalue weighted by atomic mass is 16.2. The number of hydrogen-bond acceptors (Lipinski definition) is 2. The van der Waals surface area contributed by atoms with Crippen LogP contribution in [0.3, 0.4) is 0 Å². The van der Waals surface area contributed by atoms with Crippen molar-refractivity contribution in [3.63, 3.8) is 0 Å². The van der Waals surface area contributed by atoms with Crippen molar-refractivity contribution in [1.82, 2.24) is 0 Å². The first-order valence-corrected chi connectivity index (χ1v) is 5.68. The van der Waals surface area contributed by atoms with Gasteiger partial charge in [0.1, 0.15) is 25.2 Å². The van der Waals surface area contributed by atoms with Gasteiger partial charge >= 0.3 is 0 Å². The molecule has 0 saturated carbocycles. The molecule has 3 rings (SSSR count). The topological polar surface area (TPSA) is 41.9 Å². The molecule has 1 aliphatic rings. The smallest absolute Gasteiger partial charge is 0.285 e. The van der Waals surface area contributed by atoms with E-state index in [0.29, 0.717) is 11.1 Å². The van der Waals surface area contributed by atoms with Crippen LogP contribution in [-0.4, -0.2) is 11.6 Å². The number of Topliss-reactive ketones (excluding diaryl/α,β-unsaturated/α-hetero) is 2. The molecular weight excluding hydrogens is 228 g/mol.